The first-order chi connectivity index (χ1) is 8.93. The second-order valence-electron chi connectivity index (χ2n) is 5.50. The van der Waals surface area contributed by atoms with Gasteiger partial charge in [0.05, 0.1) is 4.90 Å². The lowest BCUT2D eigenvalue weighted by atomic mass is 10.2. The zero-order valence-corrected chi connectivity index (χ0v) is 12.6. The second-order valence-corrected chi connectivity index (χ2v) is 8.75. The number of rotatable bonds is 4. The first-order valence-corrected chi connectivity index (χ1v) is 8.81. The summed E-state index contributed by atoms with van der Waals surface area (Å²) in [6.45, 7) is 3.78. The lowest BCUT2D eigenvalue weighted by molar-refractivity contribution is 0.538. The highest BCUT2D eigenvalue weighted by Crippen LogP contribution is 2.45. The molecule has 0 saturated heterocycles. The molecule has 0 amide bonds. The maximum absolute atomic E-state index is 13.8. The summed E-state index contributed by atoms with van der Waals surface area (Å²) in [4.78, 5) is -1.06. The number of benzene rings is 1. The fourth-order valence-corrected chi connectivity index (χ4v) is 3.79. The Kier molecular flexibility index (Phi) is 3.44. The van der Waals surface area contributed by atoms with Crippen molar-refractivity contribution in [2.45, 2.75) is 36.1 Å². The molecule has 112 valence electrons. The van der Waals surface area contributed by atoms with Gasteiger partial charge in [0.1, 0.15) is 10.7 Å². The predicted octanol–water partition coefficient (Wildman–Crippen LogP) is 0.550. The summed E-state index contributed by atoms with van der Waals surface area (Å²) in [5.41, 5.74) is -0.149. The highest BCUT2D eigenvalue weighted by molar-refractivity contribution is 7.89. The number of sulfonamides is 2. The number of hydrogen-bond donors (Lipinski definition) is 2. The Hall–Kier alpha value is -1.03. The van der Waals surface area contributed by atoms with Crippen LogP contribution in [0.3, 0.4) is 0 Å². The predicted molar refractivity (Wildman–Crippen MR) is 70.3 cm³/mol. The summed E-state index contributed by atoms with van der Waals surface area (Å²) >= 11 is 0. The van der Waals surface area contributed by atoms with E-state index in [-0.39, 0.29) is 11.5 Å². The first-order valence-electron chi connectivity index (χ1n) is 5.78. The molecule has 1 unspecified atom stereocenters. The smallest absolute Gasteiger partial charge is 0.225 e. The Bertz CT molecular complexity index is 757. The molecule has 2 rings (SSSR count). The van der Waals surface area contributed by atoms with Crippen LogP contribution in [0.2, 0.25) is 0 Å². The Morgan fingerprint density at radius 2 is 1.85 bits per heavy atom. The molecule has 1 fully saturated rings. The fraction of sp³-hybridized carbons (Fsp3) is 0.455. The van der Waals surface area contributed by atoms with Crippen LogP contribution in [-0.2, 0) is 20.0 Å². The standard InChI is InChI=1S/C11H15FN2O4S2/c1-11(2)6-10(11)14-20(17,18)9-4-3-7(5-8(9)12)19(13,15)16/h3-5,10,14H,6H2,1-2H3,(H2,13,15,16). The van der Waals surface area contributed by atoms with Gasteiger partial charge in [0.15, 0.2) is 0 Å². The van der Waals surface area contributed by atoms with Crippen LogP contribution in [-0.4, -0.2) is 22.9 Å². The maximum atomic E-state index is 13.8. The first kappa shape index (κ1) is 15.4. The molecular weight excluding hydrogens is 307 g/mol. The molecule has 1 aromatic rings. The molecule has 1 aliphatic rings. The van der Waals surface area contributed by atoms with E-state index in [1.54, 1.807) is 0 Å². The van der Waals surface area contributed by atoms with Gasteiger partial charge < -0.3 is 0 Å². The molecule has 0 spiro atoms. The SMILES string of the molecule is CC1(C)CC1NS(=O)(=O)c1ccc(S(N)(=O)=O)cc1F. The molecule has 3 N–H and O–H groups in total. The van der Waals surface area contributed by atoms with Gasteiger partial charge in [0.25, 0.3) is 0 Å². The molecule has 0 radical (unpaired) electrons. The van der Waals surface area contributed by atoms with Crippen LogP contribution >= 0.6 is 0 Å². The van der Waals surface area contributed by atoms with Gasteiger partial charge in [0.2, 0.25) is 20.0 Å². The van der Waals surface area contributed by atoms with Crippen molar-refractivity contribution >= 4 is 20.0 Å². The zero-order chi connectivity index (χ0) is 15.3. The van der Waals surface area contributed by atoms with E-state index in [1.165, 1.54) is 0 Å². The van der Waals surface area contributed by atoms with E-state index < -0.39 is 35.7 Å². The van der Waals surface area contributed by atoms with Crippen molar-refractivity contribution in [3.05, 3.63) is 24.0 Å². The van der Waals surface area contributed by atoms with Crippen LogP contribution in [0, 0.1) is 11.2 Å². The Morgan fingerprint density at radius 3 is 2.25 bits per heavy atom. The van der Waals surface area contributed by atoms with Crippen molar-refractivity contribution in [2.24, 2.45) is 10.6 Å². The van der Waals surface area contributed by atoms with Crippen molar-refractivity contribution < 1.29 is 21.2 Å². The van der Waals surface area contributed by atoms with Crippen molar-refractivity contribution in [2.75, 3.05) is 0 Å². The van der Waals surface area contributed by atoms with Gasteiger partial charge in [-0.15, -0.1) is 0 Å². The molecule has 1 atom stereocenters. The van der Waals surface area contributed by atoms with E-state index in [2.05, 4.69) is 4.72 Å². The molecule has 1 saturated carbocycles. The largest absolute Gasteiger partial charge is 0.243 e. The molecule has 0 heterocycles. The number of halogens is 1. The summed E-state index contributed by atoms with van der Waals surface area (Å²) in [6, 6.07) is 2.21. The van der Waals surface area contributed by atoms with Gasteiger partial charge in [-0.3, -0.25) is 0 Å². The summed E-state index contributed by atoms with van der Waals surface area (Å²) in [5.74, 6) is -1.15. The zero-order valence-electron chi connectivity index (χ0n) is 10.9. The molecule has 6 nitrogen and oxygen atoms in total. The third-order valence-corrected chi connectivity index (χ3v) is 5.75. The van der Waals surface area contributed by atoms with Gasteiger partial charge in [-0.1, -0.05) is 13.8 Å². The number of hydrogen-bond acceptors (Lipinski definition) is 4. The molecule has 9 heteroatoms. The third kappa shape index (κ3) is 3.00. The van der Waals surface area contributed by atoms with Crippen LogP contribution < -0.4 is 9.86 Å². The third-order valence-electron chi connectivity index (χ3n) is 3.33. The van der Waals surface area contributed by atoms with Crippen LogP contribution in [0.25, 0.3) is 0 Å². The van der Waals surface area contributed by atoms with Gasteiger partial charge in [-0.2, -0.15) is 0 Å². The van der Waals surface area contributed by atoms with Gasteiger partial charge in [-0.05, 0) is 30.0 Å². The summed E-state index contributed by atoms with van der Waals surface area (Å²) < 4.78 is 62.4. The quantitative estimate of drug-likeness (QED) is 0.844. The highest BCUT2D eigenvalue weighted by atomic mass is 32.2. The Morgan fingerprint density at radius 1 is 1.30 bits per heavy atom. The minimum atomic E-state index is -4.07. The Labute approximate surface area is 117 Å². The molecule has 0 aromatic heterocycles. The van der Waals surface area contributed by atoms with E-state index >= 15 is 0 Å². The molecule has 1 aliphatic carbocycles. The van der Waals surface area contributed by atoms with Crippen LogP contribution in [0.1, 0.15) is 20.3 Å². The average molecular weight is 322 g/mol. The maximum Gasteiger partial charge on any atom is 0.243 e. The molecular formula is C11H15FN2O4S2. The summed E-state index contributed by atoms with van der Waals surface area (Å²) in [5, 5.41) is 4.85. The highest BCUT2D eigenvalue weighted by Gasteiger charge is 2.48. The van der Waals surface area contributed by atoms with Crippen LogP contribution in [0.15, 0.2) is 28.0 Å². The molecule has 0 bridgehead atoms. The summed E-state index contributed by atoms with van der Waals surface area (Å²) in [6.07, 6.45) is 0.670. The summed E-state index contributed by atoms with van der Waals surface area (Å²) in [7, 11) is -8.09. The lowest BCUT2D eigenvalue weighted by Gasteiger charge is -2.09. The fourth-order valence-electron chi connectivity index (χ4n) is 1.80. The second kappa shape index (κ2) is 4.48. The normalized spacial score (nSPS) is 21.7. The van der Waals surface area contributed by atoms with Crippen molar-refractivity contribution in [3.8, 4) is 0 Å². The topological polar surface area (TPSA) is 106 Å². The number of primary sulfonamides is 1. The van der Waals surface area contributed by atoms with Crippen LogP contribution in [0.4, 0.5) is 4.39 Å². The van der Waals surface area contributed by atoms with E-state index in [0.29, 0.717) is 12.5 Å². The minimum Gasteiger partial charge on any atom is -0.225 e. The van der Waals surface area contributed by atoms with Crippen molar-refractivity contribution in [1.29, 1.82) is 0 Å². The van der Waals surface area contributed by atoms with E-state index in [0.717, 1.165) is 12.1 Å². The van der Waals surface area contributed by atoms with E-state index in [4.69, 9.17) is 5.14 Å². The monoisotopic (exact) mass is 322 g/mol. The van der Waals surface area contributed by atoms with Gasteiger partial charge in [0, 0.05) is 6.04 Å². The van der Waals surface area contributed by atoms with E-state index in [9.17, 15) is 21.2 Å². The lowest BCUT2D eigenvalue weighted by Crippen LogP contribution is -2.29. The molecule has 20 heavy (non-hydrogen) atoms. The molecule has 1 aromatic carbocycles. The minimum absolute atomic E-state index is 0.149. The van der Waals surface area contributed by atoms with E-state index in [1.807, 2.05) is 13.8 Å². The average Bonchev–Trinajstić information content (AvgIpc) is 2.82. The number of nitrogens with two attached hydrogens (primary N) is 1. The van der Waals surface area contributed by atoms with Crippen molar-refractivity contribution in [1.82, 2.24) is 4.72 Å². The molecule has 0 aliphatic heterocycles. The van der Waals surface area contributed by atoms with Gasteiger partial charge in [-0.25, -0.2) is 31.1 Å². The van der Waals surface area contributed by atoms with Crippen LogP contribution in [0.5, 0.6) is 0 Å². The van der Waals surface area contributed by atoms with Crippen molar-refractivity contribution in [3.63, 3.8) is 0 Å². The number of nitrogens with one attached hydrogen (secondary N) is 1. The Balaban J connectivity index is 2.34. The van der Waals surface area contributed by atoms with Gasteiger partial charge >= 0.3 is 0 Å².